The summed E-state index contributed by atoms with van der Waals surface area (Å²) in [5.74, 6) is 0. The minimum atomic E-state index is 0.146. The molecule has 0 aliphatic carbocycles. The van der Waals surface area contributed by atoms with Gasteiger partial charge in [-0.1, -0.05) is 11.6 Å². The van der Waals surface area contributed by atoms with E-state index in [2.05, 4.69) is 15.0 Å². The summed E-state index contributed by atoms with van der Waals surface area (Å²) < 4.78 is 0. The zero-order valence-electron chi connectivity index (χ0n) is 6.67. The van der Waals surface area contributed by atoms with Crippen molar-refractivity contribution < 1.29 is 0 Å². The zero-order valence-corrected chi connectivity index (χ0v) is 8.19. The molecular weight excluding hydrogens is 197 g/mol. The van der Waals surface area contributed by atoms with Gasteiger partial charge >= 0.3 is 0 Å². The fourth-order valence-electron chi connectivity index (χ4n) is 0.775. The van der Waals surface area contributed by atoms with E-state index < -0.39 is 0 Å². The Bertz CT molecular complexity index is 299. The lowest BCUT2D eigenvalue weighted by atomic mass is 10.4. The first-order valence-corrected chi connectivity index (χ1v) is 4.09. The summed E-state index contributed by atoms with van der Waals surface area (Å²) in [6.07, 6.45) is 1.63. The predicted octanol–water partition coefficient (Wildman–Crippen LogP) is 2.81. The van der Waals surface area contributed by atoms with Crippen molar-refractivity contribution in [2.75, 3.05) is 0 Å². The molecule has 0 bridgehead atoms. The summed E-state index contributed by atoms with van der Waals surface area (Å²) in [4.78, 5) is 11.7. The monoisotopic (exact) mass is 203 g/mol. The van der Waals surface area contributed by atoms with Gasteiger partial charge in [-0.3, -0.25) is 4.99 Å². The minimum Gasteiger partial charge on any atom is -0.256 e. The van der Waals surface area contributed by atoms with Gasteiger partial charge in [-0.05, 0) is 25.4 Å². The first kappa shape index (κ1) is 9.42. The third kappa shape index (κ3) is 1.93. The van der Waals surface area contributed by atoms with E-state index in [0.717, 1.165) is 0 Å². The molecule has 0 spiro atoms. The maximum absolute atomic E-state index is 5.76. The van der Waals surface area contributed by atoms with Crippen LogP contribution in [0.1, 0.15) is 12.6 Å². The second-order valence-electron chi connectivity index (χ2n) is 2.10. The van der Waals surface area contributed by atoms with Crippen molar-refractivity contribution in [1.29, 1.82) is 0 Å². The van der Waals surface area contributed by atoms with E-state index in [1.54, 1.807) is 20.1 Å². The van der Waals surface area contributed by atoms with E-state index in [4.69, 9.17) is 23.2 Å². The lowest BCUT2D eigenvalue weighted by Gasteiger charge is -2.00. The number of hydrogen-bond donors (Lipinski definition) is 0. The first-order chi connectivity index (χ1) is 5.65. The summed E-state index contributed by atoms with van der Waals surface area (Å²) in [6.45, 7) is 3.58. The number of hydrogen-bond acceptors (Lipinski definition) is 3. The van der Waals surface area contributed by atoms with E-state index in [1.165, 1.54) is 0 Å². The van der Waals surface area contributed by atoms with E-state index in [0.29, 0.717) is 11.4 Å². The first-order valence-electron chi connectivity index (χ1n) is 3.33. The van der Waals surface area contributed by atoms with Crippen molar-refractivity contribution >= 4 is 35.1 Å². The maximum atomic E-state index is 5.76. The molecule has 1 heterocycles. The number of rotatable bonds is 1. The van der Waals surface area contributed by atoms with Gasteiger partial charge in [-0.25, -0.2) is 9.97 Å². The van der Waals surface area contributed by atoms with Crippen LogP contribution in [0.5, 0.6) is 0 Å². The number of aryl methyl sites for hydroxylation is 1. The lowest BCUT2D eigenvalue weighted by Crippen LogP contribution is -1.88. The third-order valence-electron chi connectivity index (χ3n) is 1.25. The molecule has 5 heteroatoms. The number of nitrogens with zero attached hydrogens (tertiary/aromatic N) is 3. The van der Waals surface area contributed by atoms with E-state index in [-0.39, 0.29) is 10.4 Å². The summed E-state index contributed by atoms with van der Waals surface area (Å²) in [6, 6.07) is 0. The van der Waals surface area contributed by atoms with Gasteiger partial charge in [0.05, 0.1) is 5.69 Å². The molecule has 0 saturated carbocycles. The standard InChI is InChI=1S/C7H7Cl2N3/c1-3-10-5-4(2)11-7(9)12-6(5)8/h3H,1-2H3/b10-3-. The van der Waals surface area contributed by atoms with Gasteiger partial charge < -0.3 is 0 Å². The molecule has 3 nitrogen and oxygen atoms in total. The third-order valence-corrected chi connectivity index (χ3v) is 1.68. The summed E-state index contributed by atoms with van der Waals surface area (Å²) >= 11 is 11.3. The Hall–Kier alpha value is -0.670. The largest absolute Gasteiger partial charge is 0.256 e. The zero-order chi connectivity index (χ0) is 9.14. The molecule has 0 amide bonds. The van der Waals surface area contributed by atoms with Gasteiger partial charge in [-0.2, -0.15) is 0 Å². The Morgan fingerprint density at radius 1 is 1.33 bits per heavy atom. The molecule has 0 radical (unpaired) electrons. The maximum Gasteiger partial charge on any atom is 0.224 e. The van der Waals surface area contributed by atoms with Gasteiger partial charge in [0.1, 0.15) is 5.69 Å². The van der Waals surface area contributed by atoms with Gasteiger partial charge in [0, 0.05) is 6.21 Å². The molecule has 1 rings (SSSR count). The highest BCUT2D eigenvalue weighted by Crippen LogP contribution is 2.26. The second-order valence-corrected chi connectivity index (χ2v) is 2.80. The van der Waals surface area contributed by atoms with Crippen LogP contribution >= 0.6 is 23.2 Å². The molecule has 1 aromatic heterocycles. The average Bonchev–Trinajstić information content (AvgIpc) is 1.96. The molecule has 0 unspecified atom stereocenters. The van der Waals surface area contributed by atoms with Crippen LogP contribution in [-0.4, -0.2) is 16.2 Å². The normalized spacial score (nSPS) is 11.0. The van der Waals surface area contributed by atoms with Crippen LogP contribution < -0.4 is 0 Å². The molecule has 0 fully saturated rings. The molecule has 12 heavy (non-hydrogen) atoms. The Labute approximate surface area is 80.5 Å². The smallest absolute Gasteiger partial charge is 0.224 e. The summed E-state index contributed by atoms with van der Waals surface area (Å²) in [7, 11) is 0. The fraction of sp³-hybridized carbons (Fsp3) is 0.286. The molecule has 0 N–H and O–H groups in total. The fourth-order valence-corrected chi connectivity index (χ4v) is 1.30. The molecule has 0 saturated heterocycles. The van der Waals surface area contributed by atoms with Crippen molar-refractivity contribution in [3.8, 4) is 0 Å². The van der Waals surface area contributed by atoms with Crippen LogP contribution in [0, 0.1) is 6.92 Å². The molecule has 0 atom stereocenters. The number of halogens is 2. The highest BCUT2D eigenvalue weighted by atomic mass is 35.5. The van der Waals surface area contributed by atoms with Crippen LogP contribution in [0.2, 0.25) is 10.4 Å². The van der Waals surface area contributed by atoms with Crippen LogP contribution in [0.25, 0.3) is 0 Å². The Balaban J connectivity index is 3.28. The SMILES string of the molecule is C/C=N\c1c(C)nc(Cl)nc1Cl. The van der Waals surface area contributed by atoms with Crippen LogP contribution in [0.3, 0.4) is 0 Å². The van der Waals surface area contributed by atoms with E-state index in [1.807, 2.05) is 0 Å². The highest BCUT2D eigenvalue weighted by Gasteiger charge is 2.06. The molecule has 1 aromatic rings. The lowest BCUT2D eigenvalue weighted by molar-refractivity contribution is 1.09. The van der Waals surface area contributed by atoms with Gasteiger partial charge in [0.2, 0.25) is 5.28 Å². The van der Waals surface area contributed by atoms with Gasteiger partial charge in [0.25, 0.3) is 0 Å². The molecule has 64 valence electrons. The average molecular weight is 204 g/mol. The Morgan fingerprint density at radius 3 is 2.50 bits per heavy atom. The van der Waals surface area contributed by atoms with E-state index in [9.17, 15) is 0 Å². The highest BCUT2D eigenvalue weighted by molar-refractivity contribution is 6.33. The van der Waals surface area contributed by atoms with Crippen LogP contribution in [0.15, 0.2) is 4.99 Å². The molecule has 0 aliphatic rings. The molecule has 0 aromatic carbocycles. The second kappa shape index (κ2) is 3.83. The summed E-state index contributed by atoms with van der Waals surface area (Å²) in [5.41, 5.74) is 1.25. The van der Waals surface area contributed by atoms with Crippen molar-refractivity contribution in [2.45, 2.75) is 13.8 Å². The quantitative estimate of drug-likeness (QED) is 0.400. The number of aliphatic imine (C=N–C) groups is 1. The molecule has 0 aliphatic heterocycles. The van der Waals surface area contributed by atoms with Gasteiger partial charge in [-0.15, -0.1) is 0 Å². The van der Waals surface area contributed by atoms with Crippen molar-refractivity contribution in [1.82, 2.24) is 9.97 Å². The Morgan fingerprint density at radius 2 is 2.00 bits per heavy atom. The van der Waals surface area contributed by atoms with Crippen molar-refractivity contribution in [3.05, 3.63) is 16.1 Å². The predicted molar refractivity (Wildman–Crippen MR) is 50.6 cm³/mol. The topological polar surface area (TPSA) is 38.1 Å². The Kier molecular flexibility index (Phi) is 3.00. The van der Waals surface area contributed by atoms with Crippen LogP contribution in [-0.2, 0) is 0 Å². The van der Waals surface area contributed by atoms with Crippen molar-refractivity contribution in [2.24, 2.45) is 4.99 Å². The number of aromatic nitrogens is 2. The van der Waals surface area contributed by atoms with Crippen molar-refractivity contribution in [3.63, 3.8) is 0 Å². The van der Waals surface area contributed by atoms with E-state index >= 15 is 0 Å². The van der Waals surface area contributed by atoms with Crippen LogP contribution in [0.4, 0.5) is 5.69 Å². The summed E-state index contributed by atoms with van der Waals surface area (Å²) in [5, 5.41) is 0.429. The molecular formula is C7H7Cl2N3. The van der Waals surface area contributed by atoms with Gasteiger partial charge in [0.15, 0.2) is 5.15 Å². The minimum absolute atomic E-state index is 0.146.